The third-order valence-corrected chi connectivity index (χ3v) is 7.85. The maximum atomic E-state index is 13.2. The lowest BCUT2D eigenvalue weighted by atomic mass is 9.95. The average Bonchev–Trinajstić information content (AvgIpc) is 3.57. The first-order valence-electron chi connectivity index (χ1n) is 12.3. The maximum Gasteiger partial charge on any atom is 0.259 e. The molecule has 184 valence electrons. The number of aryl methyl sites for hydroxylation is 1. The molecular formula is C28H28N4O3S. The van der Waals surface area contributed by atoms with E-state index in [1.807, 2.05) is 36.7 Å². The molecule has 1 fully saturated rings. The molecular weight excluding hydrogens is 472 g/mol. The second-order valence-electron chi connectivity index (χ2n) is 9.21. The molecule has 2 aliphatic heterocycles. The van der Waals surface area contributed by atoms with Gasteiger partial charge in [-0.25, -0.2) is 0 Å². The summed E-state index contributed by atoms with van der Waals surface area (Å²) in [5, 5.41) is 4.47. The van der Waals surface area contributed by atoms with Crippen molar-refractivity contribution in [2.75, 3.05) is 39.1 Å². The molecule has 4 aromatic rings. The normalized spacial score (nSPS) is 17.0. The van der Waals surface area contributed by atoms with Crippen LogP contribution >= 0.6 is 11.8 Å². The lowest BCUT2D eigenvalue weighted by Crippen LogP contribution is -2.37. The predicted molar refractivity (Wildman–Crippen MR) is 144 cm³/mol. The Labute approximate surface area is 213 Å². The van der Waals surface area contributed by atoms with Gasteiger partial charge >= 0.3 is 0 Å². The van der Waals surface area contributed by atoms with Crippen LogP contribution in [0.5, 0.6) is 0 Å². The Morgan fingerprint density at radius 2 is 1.72 bits per heavy atom. The maximum absolute atomic E-state index is 13.2. The zero-order chi connectivity index (χ0) is 24.6. The summed E-state index contributed by atoms with van der Waals surface area (Å²) in [7, 11) is 0. The fraction of sp³-hybridized carbons (Fsp3) is 0.286. The van der Waals surface area contributed by atoms with Crippen LogP contribution in [0.1, 0.15) is 17.5 Å². The molecule has 8 heteroatoms. The van der Waals surface area contributed by atoms with E-state index in [9.17, 15) is 9.59 Å². The topological polar surface area (TPSA) is 79.4 Å². The van der Waals surface area contributed by atoms with Crippen molar-refractivity contribution in [3.8, 4) is 0 Å². The number of aromatic amines is 1. The molecule has 0 saturated carbocycles. The number of aromatic nitrogens is 2. The largest absolute Gasteiger partial charge is 0.379 e. The van der Waals surface area contributed by atoms with Gasteiger partial charge in [0.2, 0.25) is 0 Å². The number of H-pyrrole nitrogens is 1. The first-order valence-corrected chi connectivity index (χ1v) is 13.5. The van der Waals surface area contributed by atoms with Crippen LogP contribution in [0.15, 0.2) is 59.8 Å². The van der Waals surface area contributed by atoms with Gasteiger partial charge in [-0.15, -0.1) is 11.8 Å². The van der Waals surface area contributed by atoms with Gasteiger partial charge in [0, 0.05) is 76.4 Å². The molecule has 0 spiro atoms. The summed E-state index contributed by atoms with van der Waals surface area (Å²) in [5.74, 6) is -0.698. The number of benzene rings is 2. The molecule has 2 amide bonds. The van der Waals surface area contributed by atoms with Gasteiger partial charge in [-0.1, -0.05) is 18.2 Å². The lowest BCUT2D eigenvalue weighted by Gasteiger charge is -2.26. The molecule has 0 bridgehead atoms. The molecule has 0 unspecified atom stereocenters. The summed E-state index contributed by atoms with van der Waals surface area (Å²) >= 11 is 1.67. The SMILES string of the molecule is CSc1ccc2c(c1)c(C1=C(c3c[nH]c4ccccc34)C(=O)NC1=O)cn2CCCN1CCOCC1. The molecule has 6 rings (SSSR count). The summed E-state index contributed by atoms with van der Waals surface area (Å²) in [6, 6.07) is 14.2. The molecule has 7 nitrogen and oxygen atoms in total. The molecule has 2 aromatic carbocycles. The average molecular weight is 501 g/mol. The van der Waals surface area contributed by atoms with E-state index in [1.54, 1.807) is 11.8 Å². The predicted octanol–water partition coefficient (Wildman–Crippen LogP) is 4.13. The number of rotatable bonds is 7. The molecule has 36 heavy (non-hydrogen) atoms. The first-order chi connectivity index (χ1) is 17.6. The number of thioether (sulfide) groups is 1. The quantitative estimate of drug-likeness (QED) is 0.295. The van der Waals surface area contributed by atoms with Crippen molar-refractivity contribution in [1.29, 1.82) is 0 Å². The van der Waals surface area contributed by atoms with Crippen molar-refractivity contribution in [2.24, 2.45) is 0 Å². The second kappa shape index (κ2) is 9.61. The third-order valence-electron chi connectivity index (χ3n) is 7.12. The van der Waals surface area contributed by atoms with Gasteiger partial charge in [0.15, 0.2) is 0 Å². The van der Waals surface area contributed by atoms with Crippen LogP contribution in [0.3, 0.4) is 0 Å². The van der Waals surface area contributed by atoms with Crippen LogP contribution in [0, 0.1) is 0 Å². The summed E-state index contributed by atoms with van der Waals surface area (Å²) in [6.45, 7) is 5.36. The Hall–Kier alpha value is -3.33. The van der Waals surface area contributed by atoms with Gasteiger partial charge in [-0.05, 0) is 36.9 Å². The molecule has 0 radical (unpaired) electrons. The Morgan fingerprint density at radius 1 is 0.944 bits per heavy atom. The van der Waals surface area contributed by atoms with Crippen LogP contribution in [0.25, 0.3) is 33.0 Å². The Kier molecular flexibility index (Phi) is 6.17. The number of ether oxygens (including phenoxy) is 1. The third kappa shape index (κ3) is 4.05. The van der Waals surface area contributed by atoms with E-state index in [2.05, 4.69) is 44.2 Å². The highest BCUT2D eigenvalue weighted by molar-refractivity contribution is 7.98. The molecule has 0 atom stereocenters. The highest BCUT2D eigenvalue weighted by atomic mass is 32.2. The van der Waals surface area contributed by atoms with E-state index >= 15 is 0 Å². The fourth-order valence-electron chi connectivity index (χ4n) is 5.32. The second-order valence-corrected chi connectivity index (χ2v) is 10.1. The van der Waals surface area contributed by atoms with Crippen LogP contribution in [-0.4, -0.2) is 65.4 Å². The zero-order valence-corrected chi connectivity index (χ0v) is 21.0. The fourth-order valence-corrected chi connectivity index (χ4v) is 5.76. The van der Waals surface area contributed by atoms with Crippen LogP contribution in [-0.2, 0) is 20.9 Å². The number of imide groups is 1. The van der Waals surface area contributed by atoms with E-state index in [-0.39, 0.29) is 11.8 Å². The summed E-state index contributed by atoms with van der Waals surface area (Å²) < 4.78 is 7.70. The molecule has 2 N–H and O–H groups in total. The van der Waals surface area contributed by atoms with Gasteiger partial charge < -0.3 is 14.3 Å². The van der Waals surface area contributed by atoms with Gasteiger partial charge in [0.25, 0.3) is 11.8 Å². The number of fused-ring (bicyclic) bond motifs is 2. The van der Waals surface area contributed by atoms with Gasteiger partial charge in [0.1, 0.15) is 0 Å². The molecule has 4 heterocycles. The number of nitrogens with one attached hydrogen (secondary N) is 2. The van der Waals surface area contributed by atoms with Crippen molar-refractivity contribution in [3.63, 3.8) is 0 Å². The molecule has 0 aliphatic carbocycles. The van der Waals surface area contributed by atoms with E-state index in [0.29, 0.717) is 11.1 Å². The molecule has 2 aliphatic rings. The minimum atomic E-state index is -0.353. The minimum absolute atomic E-state index is 0.345. The van der Waals surface area contributed by atoms with E-state index < -0.39 is 0 Å². The lowest BCUT2D eigenvalue weighted by molar-refractivity contribution is -0.122. The standard InChI is InChI=1S/C28H28N4O3S/c1-36-18-7-8-24-20(15-18)22(17-32(24)10-4-9-31-11-13-35-14-12-31)26-25(27(33)30-28(26)34)21-16-29-23-6-3-2-5-19(21)23/h2-3,5-8,15-17,29H,4,9-14H2,1H3,(H,30,33,34). The number of hydrogen-bond acceptors (Lipinski definition) is 5. The summed E-state index contributed by atoms with van der Waals surface area (Å²) in [6.07, 6.45) is 6.92. The Bertz CT molecular complexity index is 1510. The highest BCUT2D eigenvalue weighted by Crippen LogP contribution is 2.39. The van der Waals surface area contributed by atoms with Crippen molar-refractivity contribution in [2.45, 2.75) is 17.9 Å². The molecule has 2 aromatic heterocycles. The zero-order valence-electron chi connectivity index (χ0n) is 20.2. The minimum Gasteiger partial charge on any atom is -0.379 e. The summed E-state index contributed by atoms with van der Waals surface area (Å²) in [4.78, 5) is 33.1. The number of morpholine rings is 1. The van der Waals surface area contributed by atoms with E-state index in [1.165, 1.54) is 0 Å². The van der Waals surface area contributed by atoms with Gasteiger partial charge in [-0.2, -0.15) is 0 Å². The number of carbonyl (C=O) groups is 2. The number of amides is 2. The molecule has 1 saturated heterocycles. The van der Waals surface area contributed by atoms with Crippen molar-refractivity contribution >= 4 is 56.5 Å². The van der Waals surface area contributed by atoms with Crippen molar-refractivity contribution in [1.82, 2.24) is 19.8 Å². The van der Waals surface area contributed by atoms with Crippen LogP contribution < -0.4 is 5.32 Å². The highest BCUT2D eigenvalue weighted by Gasteiger charge is 2.35. The number of para-hydroxylation sites is 1. The van der Waals surface area contributed by atoms with E-state index in [4.69, 9.17) is 4.74 Å². The number of carbonyl (C=O) groups excluding carboxylic acids is 2. The van der Waals surface area contributed by atoms with Crippen molar-refractivity contribution in [3.05, 3.63) is 66.0 Å². The summed E-state index contributed by atoms with van der Waals surface area (Å²) in [5.41, 5.74) is 4.43. The van der Waals surface area contributed by atoms with Gasteiger partial charge in [-0.3, -0.25) is 19.8 Å². The smallest absolute Gasteiger partial charge is 0.259 e. The van der Waals surface area contributed by atoms with E-state index in [0.717, 1.165) is 83.6 Å². The first kappa shape index (κ1) is 23.1. The van der Waals surface area contributed by atoms with Gasteiger partial charge in [0.05, 0.1) is 24.4 Å². The number of hydrogen-bond donors (Lipinski definition) is 2. The van der Waals surface area contributed by atoms with Crippen molar-refractivity contribution < 1.29 is 14.3 Å². The van der Waals surface area contributed by atoms with Crippen LogP contribution in [0.4, 0.5) is 0 Å². The Balaban J connectivity index is 1.45. The monoisotopic (exact) mass is 500 g/mol. The Morgan fingerprint density at radius 3 is 2.53 bits per heavy atom. The number of nitrogens with zero attached hydrogens (tertiary/aromatic N) is 2. The van der Waals surface area contributed by atoms with Crippen LogP contribution in [0.2, 0.25) is 0 Å².